The minimum Gasteiger partial charge on any atom is -0.378 e. The van der Waals surface area contributed by atoms with Gasteiger partial charge < -0.3 is 14.6 Å². The Kier molecular flexibility index (Phi) is 3.27. The zero-order valence-electron chi connectivity index (χ0n) is 12.5. The molecule has 0 aliphatic carbocycles. The van der Waals surface area contributed by atoms with Gasteiger partial charge in [-0.1, -0.05) is 29.8 Å². The molecule has 0 spiro atoms. The van der Waals surface area contributed by atoms with Gasteiger partial charge in [0.2, 0.25) is 0 Å². The molecule has 0 saturated carbocycles. The Morgan fingerprint density at radius 1 is 1.09 bits per heavy atom. The number of aromatic nitrogens is 3. The Morgan fingerprint density at radius 3 is 2.64 bits per heavy atom. The second-order valence-electron chi connectivity index (χ2n) is 5.61. The van der Waals surface area contributed by atoms with E-state index in [4.69, 9.17) is 4.74 Å². The second-order valence-corrected chi connectivity index (χ2v) is 5.61. The van der Waals surface area contributed by atoms with Gasteiger partial charge in [-0.15, -0.1) is 0 Å². The Bertz CT molecular complexity index is 788. The molecule has 3 heterocycles. The molecule has 1 aliphatic rings. The fourth-order valence-electron chi connectivity index (χ4n) is 2.84. The summed E-state index contributed by atoms with van der Waals surface area (Å²) in [5.41, 5.74) is 4.38. The van der Waals surface area contributed by atoms with Crippen LogP contribution < -0.4 is 4.90 Å². The maximum atomic E-state index is 5.43. The van der Waals surface area contributed by atoms with E-state index in [1.807, 2.05) is 0 Å². The molecule has 5 nitrogen and oxygen atoms in total. The molecule has 22 heavy (non-hydrogen) atoms. The lowest BCUT2D eigenvalue weighted by Gasteiger charge is -2.27. The van der Waals surface area contributed by atoms with Crippen LogP contribution in [0.3, 0.4) is 0 Å². The molecule has 1 aromatic carbocycles. The highest BCUT2D eigenvalue weighted by Crippen LogP contribution is 2.29. The topological polar surface area (TPSA) is 54.0 Å². The minimum atomic E-state index is 0.751. The number of rotatable bonds is 2. The average molecular weight is 294 g/mol. The average Bonchev–Trinajstić information content (AvgIpc) is 3.00. The van der Waals surface area contributed by atoms with Crippen LogP contribution in [-0.2, 0) is 4.74 Å². The summed E-state index contributed by atoms with van der Waals surface area (Å²) in [4.78, 5) is 14.5. The molecule has 112 valence electrons. The van der Waals surface area contributed by atoms with Gasteiger partial charge >= 0.3 is 0 Å². The molecule has 0 bridgehead atoms. The summed E-state index contributed by atoms with van der Waals surface area (Å²) < 4.78 is 5.43. The number of ether oxygens (including phenoxy) is 1. The van der Waals surface area contributed by atoms with E-state index >= 15 is 0 Å². The predicted molar refractivity (Wildman–Crippen MR) is 87.1 cm³/mol. The summed E-state index contributed by atoms with van der Waals surface area (Å²) in [5, 5.41) is 1.07. The van der Waals surface area contributed by atoms with Gasteiger partial charge in [0.25, 0.3) is 0 Å². The van der Waals surface area contributed by atoms with Gasteiger partial charge in [0, 0.05) is 18.8 Å². The van der Waals surface area contributed by atoms with Crippen LogP contribution in [0, 0.1) is 6.92 Å². The summed E-state index contributed by atoms with van der Waals surface area (Å²) in [7, 11) is 0. The van der Waals surface area contributed by atoms with Crippen LogP contribution in [0.5, 0.6) is 0 Å². The van der Waals surface area contributed by atoms with Crippen molar-refractivity contribution in [2.45, 2.75) is 6.92 Å². The molecule has 1 N–H and O–H groups in total. The summed E-state index contributed by atoms with van der Waals surface area (Å²) in [6.07, 6.45) is 1.63. The number of morpholine rings is 1. The second kappa shape index (κ2) is 5.42. The summed E-state index contributed by atoms with van der Waals surface area (Å²) >= 11 is 0. The standard InChI is InChI=1S/C17H18N4O/c1-12-2-4-13(5-3-12)15-10-14-16(20-15)18-11-19-17(14)21-6-8-22-9-7-21/h2-5,10-11H,6-9H2,1H3,(H,18,19,20). The fraction of sp³-hybridized carbons (Fsp3) is 0.294. The number of hydrogen-bond donors (Lipinski definition) is 1. The molecular formula is C17H18N4O. The third-order valence-corrected chi connectivity index (χ3v) is 4.08. The first-order valence-corrected chi connectivity index (χ1v) is 7.55. The van der Waals surface area contributed by atoms with Gasteiger partial charge in [0.1, 0.15) is 17.8 Å². The van der Waals surface area contributed by atoms with Gasteiger partial charge in [-0.25, -0.2) is 9.97 Å². The number of fused-ring (bicyclic) bond motifs is 1. The van der Waals surface area contributed by atoms with Crippen molar-refractivity contribution in [1.29, 1.82) is 0 Å². The van der Waals surface area contributed by atoms with Gasteiger partial charge in [-0.2, -0.15) is 0 Å². The van der Waals surface area contributed by atoms with E-state index in [2.05, 4.69) is 57.1 Å². The molecule has 0 amide bonds. The lowest BCUT2D eigenvalue weighted by molar-refractivity contribution is 0.122. The number of benzene rings is 1. The number of nitrogens with zero attached hydrogens (tertiary/aromatic N) is 3. The van der Waals surface area contributed by atoms with Crippen LogP contribution in [0.2, 0.25) is 0 Å². The molecular weight excluding hydrogens is 276 g/mol. The quantitative estimate of drug-likeness (QED) is 0.789. The lowest BCUT2D eigenvalue weighted by atomic mass is 10.1. The highest BCUT2D eigenvalue weighted by Gasteiger charge is 2.17. The largest absolute Gasteiger partial charge is 0.378 e. The Hall–Kier alpha value is -2.40. The van der Waals surface area contributed by atoms with Crippen LogP contribution in [-0.4, -0.2) is 41.3 Å². The maximum absolute atomic E-state index is 5.43. The molecule has 5 heteroatoms. The van der Waals surface area contributed by atoms with Crippen molar-refractivity contribution in [3.8, 4) is 11.3 Å². The lowest BCUT2D eigenvalue weighted by Crippen LogP contribution is -2.36. The SMILES string of the molecule is Cc1ccc(-c2cc3c(N4CCOCC4)ncnc3[nH]2)cc1. The molecule has 2 aromatic heterocycles. The van der Waals surface area contributed by atoms with Crippen molar-refractivity contribution >= 4 is 16.9 Å². The van der Waals surface area contributed by atoms with Crippen molar-refractivity contribution in [2.24, 2.45) is 0 Å². The summed E-state index contributed by atoms with van der Waals surface area (Å²) in [6, 6.07) is 10.6. The fourth-order valence-corrected chi connectivity index (χ4v) is 2.84. The number of aromatic amines is 1. The smallest absolute Gasteiger partial charge is 0.143 e. The Labute approximate surface area is 129 Å². The van der Waals surface area contributed by atoms with Crippen LogP contribution in [0.1, 0.15) is 5.56 Å². The zero-order valence-corrected chi connectivity index (χ0v) is 12.5. The Morgan fingerprint density at radius 2 is 1.86 bits per heavy atom. The third-order valence-electron chi connectivity index (χ3n) is 4.08. The van der Waals surface area contributed by atoms with Gasteiger partial charge in [0.05, 0.1) is 18.6 Å². The highest BCUT2D eigenvalue weighted by molar-refractivity contribution is 5.91. The van der Waals surface area contributed by atoms with E-state index in [9.17, 15) is 0 Å². The van der Waals surface area contributed by atoms with E-state index in [1.165, 1.54) is 5.56 Å². The number of hydrogen-bond acceptors (Lipinski definition) is 4. The van der Waals surface area contributed by atoms with Gasteiger partial charge in [0.15, 0.2) is 0 Å². The minimum absolute atomic E-state index is 0.751. The van der Waals surface area contributed by atoms with Crippen LogP contribution in [0.4, 0.5) is 5.82 Å². The summed E-state index contributed by atoms with van der Waals surface area (Å²) in [5.74, 6) is 0.989. The van der Waals surface area contributed by atoms with Crippen molar-refractivity contribution in [3.63, 3.8) is 0 Å². The number of H-pyrrole nitrogens is 1. The normalized spacial score (nSPS) is 15.4. The number of anilines is 1. The molecule has 4 rings (SSSR count). The first kappa shape index (κ1) is 13.3. The molecule has 0 atom stereocenters. The van der Waals surface area contributed by atoms with E-state index in [0.29, 0.717) is 0 Å². The Balaban J connectivity index is 1.78. The van der Waals surface area contributed by atoms with E-state index in [1.54, 1.807) is 6.33 Å². The van der Waals surface area contributed by atoms with Crippen molar-refractivity contribution in [2.75, 3.05) is 31.2 Å². The molecule has 1 aliphatic heterocycles. The van der Waals surface area contributed by atoms with Crippen LogP contribution in [0.25, 0.3) is 22.3 Å². The molecule has 3 aromatic rings. The predicted octanol–water partition coefficient (Wildman–Crippen LogP) is 2.77. The van der Waals surface area contributed by atoms with Crippen LogP contribution in [0.15, 0.2) is 36.7 Å². The third kappa shape index (κ3) is 2.33. The van der Waals surface area contributed by atoms with Gasteiger partial charge in [-0.05, 0) is 18.6 Å². The number of aryl methyl sites for hydroxylation is 1. The van der Waals surface area contributed by atoms with Crippen molar-refractivity contribution in [3.05, 3.63) is 42.2 Å². The van der Waals surface area contributed by atoms with E-state index in [-0.39, 0.29) is 0 Å². The maximum Gasteiger partial charge on any atom is 0.143 e. The molecule has 0 unspecified atom stereocenters. The van der Waals surface area contributed by atoms with E-state index in [0.717, 1.165) is 54.4 Å². The van der Waals surface area contributed by atoms with Gasteiger partial charge in [-0.3, -0.25) is 0 Å². The zero-order chi connectivity index (χ0) is 14.9. The summed E-state index contributed by atoms with van der Waals surface area (Å²) in [6.45, 7) is 5.34. The van der Waals surface area contributed by atoms with E-state index < -0.39 is 0 Å². The molecule has 1 fully saturated rings. The highest BCUT2D eigenvalue weighted by atomic mass is 16.5. The van der Waals surface area contributed by atoms with Crippen LogP contribution >= 0.6 is 0 Å². The molecule has 0 radical (unpaired) electrons. The number of nitrogens with one attached hydrogen (secondary N) is 1. The first-order chi connectivity index (χ1) is 10.8. The monoisotopic (exact) mass is 294 g/mol. The molecule has 1 saturated heterocycles. The van der Waals surface area contributed by atoms with Crippen molar-refractivity contribution < 1.29 is 4.74 Å². The first-order valence-electron chi connectivity index (χ1n) is 7.55. The van der Waals surface area contributed by atoms with Crippen molar-refractivity contribution in [1.82, 2.24) is 15.0 Å².